The second-order valence-corrected chi connectivity index (χ2v) is 16.9. The fraction of sp³-hybridized carbons (Fsp3) is 0.675. The molecule has 3 rings (SSSR count). The topological polar surface area (TPSA) is 192 Å². The van der Waals surface area contributed by atoms with Gasteiger partial charge in [0.05, 0.1) is 29.4 Å². The molecule has 1 aliphatic heterocycles. The van der Waals surface area contributed by atoms with E-state index in [0.29, 0.717) is 30.0 Å². The molecule has 300 valence electrons. The number of amides is 1. The Labute approximate surface area is 317 Å². The number of aliphatic hydroxyl groups is 5. The van der Waals surface area contributed by atoms with Crippen molar-refractivity contribution in [3.63, 3.8) is 0 Å². The van der Waals surface area contributed by atoms with Crippen LogP contribution in [0.5, 0.6) is 0 Å². The molecule has 2 aromatic rings. The van der Waals surface area contributed by atoms with Gasteiger partial charge in [-0.25, -0.2) is 8.42 Å². The van der Waals surface area contributed by atoms with Gasteiger partial charge in [0.1, 0.15) is 18.3 Å². The van der Waals surface area contributed by atoms with Crippen LogP contribution in [0, 0.1) is 0 Å². The monoisotopic (exact) mass is 762 g/mol. The average molecular weight is 763 g/mol. The number of carbonyl (C=O) groups is 1. The fourth-order valence-corrected chi connectivity index (χ4v) is 9.17. The van der Waals surface area contributed by atoms with E-state index in [9.17, 15) is 33.6 Å². The van der Waals surface area contributed by atoms with Gasteiger partial charge in [0.15, 0.2) is 9.84 Å². The molecule has 0 spiro atoms. The number of hydrogen-bond donors (Lipinski definition) is 8. The summed E-state index contributed by atoms with van der Waals surface area (Å²) in [5, 5.41) is 57.7. The maximum atomic E-state index is 13.9. The van der Waals surface area contributed by atoms with E-state index in [1.165, 1.54) is 0 Å². The molecule has 0 bridgehead atoms. The largest absolute Gasteiger partial charge is 0.394 e. The van der Waals surface area contributed by atoms with Crippen molar-refractivity contribution in [1.82, 2.24) is 10.6 Å². The first-order valence-corrected chi connectivity index (χ1v) is 21.2. The quantitative estimate of drug-likeness (QED) is 0.0721. The molecule has 0 radical (unpaired) electrons. The molecule has 0 saturated heterocycles. The third-order valence-electron chi connectivity index (χ3n) is 10.4. The van der Waals surface area contributed by atoms with Gasteiger partial charge in [-0.15, -0.1) is 0 Å². The molecule has 1 heterocycles. The van der Waals surface area contributed by atoms with Gasteiger partial charge in [-0.1, -0.05) is 77.3 Å². The van der Waals surface area contributed by atoms with Crippen molar-refractivity contribution in [2.45, 2.75) is 138 Å². The highest BCUT2D eigenvalue weighted by molar-refractivity contribution is 7.91. The van der Waals surface area contributed by atoms with Crippen molar-refractivity contribution in [3.8, 4) is 0 Å². The van der Waals surface area contributed by atoms with Crippen molar-refractivity contribution in [3.05, 3.63) is 53.6 Å². The van der Waals surface area contributed by atoms with E-state index < -0.39 is 46.4 Å². The Kier molecular flexibility index (Phi) is 18.6. The SMILES string of the molecule is CCCC[C@@]1(CC)CS(=O)(=O)c2ccc(N(C)C)cc2[C@H](c2cccc(NC(=O)CCCCCCCCCCNC[C@H](O)[C@@H](O)[C@H](O)[C@H](O)CO)c2)N1. The molecule has 13 heteroatoms. The summed E-state index contributed by atoms with van der Waals surface area (Å²) in [6, 6.07) is 13.0. The van der Waals surface area contributed by atoms with Gasteiger partial charge in [-0.2, -0.15) is 0 Å². The summed E-state index contributed by atoms with van der Waals surface area (Å²) in [7, 11) is 0.329. The van der Waals surface area contributed by atoms with Gasteiger partial charge in [0.25, 0.3) is 0 Å². The van der Waals surface area contributed by atoms with Crippen LogP contribution in [0.3, 0.4) is 0 Å². The number of hydrogen-bond acceptors (Lipinski definition) is 11. The average Bonchev–Trinajstić information content (AvgIpc) is 3.24. The minimum atomic E-state index is -3.56. The van der Waals surface area contributed by atoms with Crippen molar-refractivity contribution in [1.29, 1.82) is 0 Å². The Morgan fingerprint density at radius 3 is 2.21 bits per heavy atom. The highest BCUT2D eigenvalue weighted by atomic mass is 32.2. The Bertz CT molecular complexity index is 1510. The van der Waals surface area contributed by atoms with Crippen LogP contribution in [0.1, 0.15) is 114 Å². The molecule has 0 aliphatic carbocycles. The normalized spacial score (nSPS) is 20.5. The summed E-state index contributed by atoms with van der Waals surface area (Å²) in [6.45, 7) is 4.21. The lowest BCUT2D eigenvalue weighted by molar-refractivity contribution is -0.116. The third kappa shape index (κ3) is 13.6. The second-order valence-electron chi connectivity index (χ2n) is 14.9. The molecule has 0 fully saturated rings. The summed E-state index contributed by atoms with van der Waals surface area (Å²) in [5.74, 6) is 0.00542. The Morgan fingerprint density at radius 1 is 0.906 bits per heavy atom. The van der Waals surface area contributed by atoms with E-state index in [1.807, 2.05) is 55.4 Å². The zero-order chi connectivity index (χ0) is 39.0. The zero-order valence-electron chi connectivity index (χ0n) is 32.3. The summed E-state index contributed by atoms with van der Waals surface area (Å²) in [4.78, 5) is 15.3. The maximum absolute atomic E-state index is 13.9. The number of benzene rings is 2. The van der Waals surface area contributed by atoms with Gasteiger partial charge in [0.2, 0.25) is 5.91 Å². The summed E-state index contributed by atoms with van der Waals surface area (Å²) < 4.78 is 27.8. The number of rotatable bonds is 24. The van der Waals surface area contributed by atoms with Crippen molar-refractivity contribution < 1.29 is 38.7 Å². The van der Waals surface area contributed by atoms with E-state index in [0.717, 1.165) is 87.4 Å². The molecule has 1 amide bonds. The van der Waals surface area contributed by atoms with Crippen LogP contribution in [-0.4, -0.2) is 109 Å². The van der Waals surface area contributed by atoms with Gasteiger partial charge in [-0.05, 0) is 73.7 Å². The van der Waals surface area contributed by atoms with Gasteiger partial charge >= 0.3 is 0 Å². The fourth-order valence-electron chi connectivity index (χ4n) is 7.04. The minimum absolute atomic E-state index is 0.0380. The number of unbranched alkanes of at least 4 members (excludes halogenated alkanes) is 8. The zero-order valence-corrected chi connectivity index (χ0v) is 33.1. The van der Waals surface area contributed by atoms with Crippen LogP contribution in [0.25, 0.3) is 0 Å². The number of nitrogens with zero attached hydrogens (tertiary/aromatic N) is 1. The van der Waals surface area contributed by atoms with E-state index in [1.54, 1.807) is 6.07 Å². The predicted octanol–water partition coefficient (Wildman–Crippen LogP) is 4.03. The molecule has 53 heavy (non-hydrogen) atoms. The molecule has 1 aliphatic rings. The highest BCUT2D eigenvalue weighted by Crippen LogP contribution is 2.40. The standard InChI is InChI=1S/C40H66N4O8S/c1-5-7-22-40(6-2)28-53(51,52)35-21-20-31(44(3)4)25-32(35)37(43-40)29-17-16-18-30(24-29)42-36(48)19-14-12-10-8-9-11-13-15-23-41-26-33(46)38(49)39(50)34(47)27-45/h16-18,20-21,24-25,33-34,37-39,41,43,45-47,49-50H,5-15,19,22-23,26-28H2,1-4H3,(H,42,48)/t33-,34+,37-,38+,39+,40-/m0/s1. The smallest absolute Gasteiger partial charge is 0.224 e. The van der Waals surface area contributed by atoms with Crippen LogP contribution in [0.2, 0.25) is 0 Å². The van der Waals surface area contributed by atoms with Crippen LogP contribution < -0.4 is 20.9 Å². The van der Waals surface area contributed by atoms with Crippen LogP contribution in [0.15, 0.2) is 47.4 Å². The van der Waals surface area contributed by atoms with Gasteiger partial charge in [0, 0.05) is 44.0 Å². The van der Waals surface area contributed by atoms with E-state index in [4.69, 9.17) is 5.11 Å². The summed E-state index contributed by atoms with van der Waals surface area (Å²) in [6.07, 6.45) is 5.84. The number of anilines is 2. The van der Waals surface area contributed by atoms with E-state index in [2.05, 4.69) is 29.8 Å². The molecule has 2 aromatic carbocycles. The predicted molar refractivity (Wildman–Crippen MR) is 211 cm³/mol. The van der Waals surface area contributed by atoms with E-state index >= 15 is 0 Å². The van der Waals surface area contributed by atoms with Crippen molar-refractivity contribution in [2.24, 2.45) is 0 Å². The van der Waals surface area contributed by atoms with Crippen molar-refractivity contribution >= 4 is 27.1 Å². The third-order valence-corrected chi connectivity index (χ3v) is 12.4. The van der Waals surface area contributed by atoms with Crippen molar-refractivity contribution in [2.75, 3.05) is 49.8 Å². The molecule has 0 aromatic heterocycles. The number of carbonyl (C=O) groups excluding carboxylic acids is 1. The first kappa shape index (κ1) is 44.8. The lowest BCUT2D eigenvalue weighted by Gasteiger charge is -2.36. The molecule has 0 saturated carbocycles. The number of nitrogens with one attached hydrogen (secondary N) is 3. The summed E-state index contributed by atoms with van der Waals surface area (Å²) in [5.41, 5.74) is 2.68. The molecule has 6 atom stereocenters. The van der Waals surface area contributed by atoms with Crippen LogP contribution in [0.4, 0.5) is 11.4 Å². The Morgan fingerprint density at radius 2 is 1.57 bits per heavy atom. The Hall–Kier alpha value is -2.62. The van der Waals surface area contributed by atoms with Crippen LogP contribution >= 0.6 is 0 Å². The number of fused-ring (bicyclic) bond motifs is 1. The molecule has 8 N–H and O–H groups in total. The van der Waals surface area contributed by atoms with Gasteiger partial charge in [-0.3, -0.25) is 10.1 Å². The lowest BCUT2D eigenvalue weighted by atomic mass is 9.88. The summed E-state index contributed by atoms with van der Waals surface area (Å²) >= 11 is 0. The minimum Gasteiger partial charge on any atom is -0.394 e. The van der Waals surface area contributed by atoms with E-state index in [-0.39, 0.29) is 24.2 Å². The van der Waals surface area contributed by atoms with Gasteiger partial charge < -0.3 is 41.1 Å². The molecular weight excluding hydrogens is 697 g/mol. The first-order valence-electron chi connectivity index (χ1n) is 19.5. The molecule has 0 unspecified atom stereocenters. The first-order chi connectivity index (χ1) is 25.3. The lowest BCUT2D eigenvalue weighted by Crippen LogP contribution is -2.50. The Balaban J connectivity index is 1.47. The number of sulfone groups is 1. The maximum Gasteiger partial charge on any atom is 0.224 e. The van der Waals surface area contributed by atoms with Crippen LogP contribution in [-0.2, 0) is 14.6 Å². The molecule has 12 nitrogen and oxygen atoms in total. The second kappa shape index (κ2) is 22.1. The highest BCUT2D eigenvalue weighted by Gasteiger charge is 2.42. The molecular formula is C40H66N4O8S. The number of aliphatic hydroxyl groups excluding tert-OH is 5.